The summed E-state index contributed by atoms with van der Waals surface area (Å²) >= 11 is 0. The molecule has 21 heavy (non-hydrogen) atoms. The summed E-state index contributed by atoms with van der Waals surface area (Å²) in [5.74, 6) is 0.296. The van der Waals surface area contributed by atoms with Crippen molar-refractivity contribution in [1.29, 1.82) is 0 Å². The zero-order chi connectivity index (χ0) is 14.9. The van der Waals surface area contributed by atoms with E-state index in [0.29, 0.717) is 37.3 Å². The fourth-order valence-electron chi connectivity index (χ4n) is 4.27. The monoisotopic (exact) mass is 315 g/mol. The Labute approximate surface area is 129 Å². The molecule has 0 aromatic rings. The van der Waals surface area contributed by atoms with Crippen LogP contribution in [0.5, 0.6) is 0 Å². The van der Waals surface area contributed by atoms with Gasteiger partial charge < -0.3 is 5.32 Å². The minimum atomic E-state index is -3.00. The highest BCUT2D eigenvalue weighted by Gasteiger charge is 2.38. The van der Waals surface area contributed by atoms with Crippen molar-refractivity contribution >= 4 is 10.0 Å². The van der Waals surface area contributed by atoms with Gasteiger partial charge in [0.1, 0.15) is 0 Å². The van der Waals surface area contributed by atoms with E-state index in [1.807, 2.05) is 6.92 Å². The molecule has 3 aliphatic rings. The van der Waals surface area contributed by atoms with E-state index in [2.05, 4.69) is 10.2 Å². The Balaban J connectivity index is 1.48. The van der Waals surface area contributed by atoms with E-state index in [4.69, 9.17) is 0 Å². The van der Waals surface area contributed by atoms with Crippen LogP contribution in [0.25, 0.3) is 0 Å². The summed E-state index contributed by atoms with van der Waals surface area (Å²) in [6, 6.07) is 1.88. The van der Waals surface area contributed by atoms with E-state index < -0.39 is 10.0 Å². The number of nitrogens with zero attached hydrogens (tertiary/aromatic N) is 2. The molecule has 0 amide bonds. The molecule has 0 radical (unpaired) electrons. The van der Waals surface area contributed by atoms with Gasteiger partial charge in [-0.3, -0.25) is 4.90 Å². The number of rotatable bonds is 5. The molecule has 5 nitrogen and oxygen atoms in total. The van der Waals surface area contributed by atoms with Crippen LogP contribution in [0.4, 0.5) is 0 Å². The third kappa shape index (κ3) is 3.44. The lowest BCUT2D eigenvalue weighted by molar-refractivity contribution is 0.246. The molecule has 2 atom stereocenters. The standard InChI is InChI=1S/C15H29N3O2S/c1-2-12-21(19,20)18-10-5-13(6-11-18)16-14-7-9-17-8-3-4-15(14)17/h13-16H,2-12H2,1H3. The maximum atomic E-state index is 12.1. The van der Waals surface area contributed by atoms with Gasteiger partial charge in [0.15, 0.2) is 0 Å². The maximum absolute atomic E-state index is 12.1. The predicted octanol–water partition coefficient (Wildman–Crippen LogP) is 1.02. The molecule has 3 fully saturated rings. The topological polar surface area (TPSA) is 52.7 Å². The summed E-state index contributed by atoms with van der Waals surface area (Å²) in [6.45, 7) is 5.84. The van der Waals surface area contributed by atoms with Crippen molar-refractivity contribution in [3.63, 3.8) is 0 Å². The average Bonchev–Trinajstić information content (AvgIpc) is 3.04. The maximum Gasteiger partial charge on any atom is 0.214 e. The van der Waals surface area contributed by atoms with Crippen molar-refractivity contribution in [3.05, 3.63) is 0 Å². The Morgan fingerprint density at radius 3 is 2.52 bits per heavy atom. The smallest absolute Gasteiger partial charge is 0.214 e. The van der Waals surface area contributed by atoms with Gasteiger partial charge in [-0.05, 0) is 45.1 Å². The van der Waals surface area contributed by atoms with Gasteiger partial charge >= 0.3 is 0 Å². The van der Waals surface area contributed by atoms with Crippen LogP contribution in [0.15, 0.2) is 0 Å². The number of fused-ring (bicyclic) bond motifs is 1. The second kappa shape index (κ2) is 6.52. The Kier molecular flexibility index (Phi) is 4.88. The summed E-state index contributed by atoms with van der Waals surface area (Å²) in [6.07, 6.45) is 6.58. The van der Waals surface area contributed by atoms with E-state index in [1.54, 1.807) is 4.31 Å². The lowest BCUT2D eigenvalue weighted by Crippen LogP contribution is -2.50. The highest BCUT2D eigenvalue weighted by molar-refractivity contribution is 7.89. The molecule has 0 saturated carbocycles. The molecule has 0 aromatic heterocycles. The Hall–Kier alpha value is -0.170. The molecule has 122 valence electrons. The molecule has 3 heterocycles. The van der Waals surface area contributed by atoms with Crippen LogP contribution in [-0.2, 0) is 10.0 Å². The first kappa shape index (κ1) is 15.7. The largest absolute Gasteiger partial charge is 0.310 e. The minimum absolute atomic E-state index is 0.296. The van der Waals surface area contributed by atoms with Gasteiger partial charge in [-0.1, -0.05) is 6.92 Å². The van der Waals surface area contributed by atoms with Crippen LogP contribution in [0, 0.1) is 0 Å². The number of nitrogens with one attached hydrogen (secondary N) is 1. The van der Waals surface area contributed by atoms with E-state index in [-0.39, 0.29) is 0 Å². The minimum Gasteiger partial charge on any atom is -0.310 e. The van der Waals surface area contributed by atoms with E-state index in [1.165, 1.54) is 32.4 Å². The Morgan fingerprint density at radius 2 is 1.81 bits per heavy atom. The van der Waals surface area contributed by atoms with Crippen LogP contribution in [0.1, 0.15) is 45.4 Å². The molecule has 1 N–H and O–H groups in total. The van der Waals surface area contributed by atoms with Crippen LogP contribution < -0.4 is 5.32 Å². The number of piperidine rings is 1. The first-order valence-corrected chi connectivity index (χ1v) is 10.2. The number of hydrogen-bond donors (Lipinski definition) is 1. The Morgan fingerprint density at radius 1 is 1.05 bits per heavy atom. The quantitative estimate of drug-likeness (QED) is 0.823. The summed E-state index contributed by atoms with van der Waals surface area (Å²) in [4.78, 5) is 2.62. The lowest BCUT2D eigenvalue weighted by Gasteiger charge is -2.34. The second-order valence-electron chi connectivity index (χ2n) is 6.80. The first-order chi connectivity index (χ1) is 10.1. The zero-order valence-corrected chi connectivity index (χ0v) is 13.9. The molecule has 3 saturated heterocycles. The van der Waals surface area contributed by atoms with Crippen LogP contribution >= 0.6 is 0 Å². The molecule has 3 rings (SSSR count). The first-order valence-electron chi connectivity index (χ1n) is 8.58. The van der Waals surface area contributed by atoms with Crippen LogP contribution in [-0.4, -0.2) is 67.7 Å². The van der Waals surface area contributed by atoms with Crippen molar-refractivity contribution in [2.45, 2.75) is 63.6 Å². The van der Waals surface area contributed by atoms with Crippen molar-refractivity contribution < 1.29 is 8.42 Å². The summed E-state index contributed by atoms with van der Waals surface area (Å²) < 4.78 is 25.9. The molecule has 2 unspecified atom stereocenters. The highest BCUT2D eigenvalue weighted by atomic mass is 32.2. The van der Waals surface area contributed by atoms with Gasteiger partial charge in [0, 0.05) is 37.8 Å². The van der Waals surface area contributed by atoms with E-state index in [9.17, 15) is 8.42 Å². The third-order valence-electron chi connectivity index (χ3n) is 5.37. The van der Waals surface area contributed by atoms with Gasteiger partial charge in [-0.2, -0.15) is 0 Å². The fourth-order valence-corrected chi connectivity index (χ4v) is 5.81. The van der Waals surface area contributed by atoms with Crippen molar-refractivity contribution in [1.82, 2.24) is 14.5 Å². The molecular formula is C15H29N3O2S. The van der Waals surface area contributed by atoms with Crippen LogP contribution in [0.3, 0.4) is 0 Å². The summed E-state index contributed by atoms with van der Waals surface area (Å²) in [7, 11) is -3.00. The average molecular weight is 315 g/mol. The number of sulfonamides is 1. The molecule has 0 aromatic carbocycles. The fraction of sp³-hybridized carbons (Fsp3) is 1.00. The van der Waals surface area contributed by atoms with Crippen molar-refractivity contribution in [2.75, 3.05) is 31.9 Å². The van der Waals surface area contributed by atoms with Gasteiger partial charge in [-0.15, -0.1) is 0 Å². The highest BCUT2D eigenvalue weighted by Crippen LogP contribution is 2.29. The van der Waals surface area contributed by atoms with E-state index in [0.717, 1.165) is 18.9 Å². The van der Waals surface area contributed by atoms with Crippen molar-refractivity contribution in [2.24, 2.45) is 0 Å². The zero-order valence-electron chi connectivity index (χ0n) is 13.1. The molecule has 0 bridgehead atoms. The molecule has 0 aliphatic carbocycles. The third-order valence-corrected chi connectivity index (χ3v) is 7.44. The molecule has 0 spiro atoms. The SMILES string of the molecule is CCCS(=O)(=O)N1CCC(NC2CCN3CCCC23)CC1. The molecular weight excluding hydrogens is 286 g/mol. The van der Waals surface area contributed by atoms with Gasteiger partial charge in [0.2, 0.25) is 10.0 Å². The Bertz CT molecular complexity index is 446. The van der Waals surface area contributed by atoms with Gasteiger partial charge in [0.25, 0.3) is 0 Å². The molecule has 6 heteroatoms. The van der Waals surface area contributed by atoms with Crippen molar-refractivity contribution in [3.8, 4) is 0 Å². The predicted molar refractivity (Wildman–Crippen MR) is 84.8 cm³/mol. The lowest BCUT2D eigenvalue weighted by atomic mass is 10.0. The number of hydrogen-bond acceptors (Lipinski definition) is 4. The van der Waals surface area contributed by atoms with Crippen LogP contribution in [0.2, 0.25) is 0 Å². The second-order valence-corrected chi connectivity index (χ2v) is 8.89. The summed E-state index contributed by atoms with van der Waals surface area (Å²) in [5, 5.41) is 3.83. The summed E-state index contributed by atoms with van der Waals surface area (Å²) in [5.41, 5.74) is 0. The molecule has 3 aliphatic heterocycles. The van der Waals surface area contributed by atoms with E-state index >= 15 is 0 Å². The van der Waals surface area contributed by atoms with Gasteiger partial charge in [0.05, 0.1) is 5.75 Å². The normalized spacial score (nSPS) is 32.6. The van der Waals surface area contributed by atoms with Gasteiger partial charge in [-0.25, -0.2) is 12.7 Å².